The molecule has 0 spiro atoms. The molecule has 0 aliphatic carbocycles. The quantitative estimate of drug-likeness (QED) is 0.792. The molecule has 26 heavy (non-hydrogen) atoms. The highest BCUT2D eigenvalue weighted by atomic mass is 16.2. The molecule has 0 bridgehead atoms. The third-order valence-corrected chi connectivity index (χ3v) is 4.64. The number of nitrogens with zero attached hydrogens (tertiary/aromatic N) is 1. The first-order valence-corrected chi connectivity index (χ1v) is 9.26. The van der Waals surface area contributed by atoms with E-state index in [2.05, 4.69) is 5.32 Å². The molecule has 2 aromatic rings. The predicted octanol–water partition coefficient (Wildman–Crippen LogP) is 1.62. The minimum Gasteiger partial charge on any atom is -0.349 e. The number of carbonyl (C=O) groups excluding carboxylic acids is 2. The molecule has 5 heteroatoms. The highest BCUT2D eigenvalue weighted by molar-refractivity contribution is 6.04. The van der Waals surface area contributed by atoms with Crippen molar-refractivity contribution in [2.24, 2.45) is 0 Å². The van der Waals surface area contributed by atoms with E-state index in [0.29, 0.717) is 6.54 Å². The maximum atomic E-state index is 13.1. The van der Waals surface area contributed by atoms with Gasteiger partial charge in [0.15, 0.2) is 12.6 Å². The second kappa shape index (κ2) is 8.81. The van der Waals surface area contributed by atoms with E-state index < -0.39 is 0 Å². The summed E-state index contributed by atoms with van der Waals surface area (Å²) in [4.78, 5) is 27.9. The van der Waals surface area contributed by atoms with E-state index in [4.69, 9.17) is 0 Å². The topological polar surface area (TPSA) is 53.9 Å². The Bertz CT molecular complexity index is 767. The molecule has 2 N–H and O–H groups in total. The predicted molar refractivity (Wildman–Crippen MR) is 106 cm³/mol. The molecule has 1 unspecified atom stereocenters. The SMILES string of the molecule is CCN(C(=O)[C@H](C)[NH+](C)CC(=O)NC(C)C)c1cccc2ccccc12. The van der Waals surface area contributed by atoms with Crippen molar-refractivity contribution < 1.29 is 14.5 Å². The molecule has 2 atom stereocenters. The van der Waals surface area contributed by atoms with Crippen LogP contribution in [0.4, 0.5) is 5.69 Å². The number of nitrogens with one attached hydrogen (secondary N) is 2. The molecule has 0 saturated carbocycles. The molecule has 0 heterocycles. The average molecular weight is 356 g/mol. The molecule has 0 aromatic heterocycles. The highest BCUT2D eigenvalue weighted by Gasteiger charge is 2.29. The van der Waals surface area contributed by atoms with Crippen molar-refractivity contribution in [3.8, 4) is 0 Å². The number of carbonyl (C=O) groups is 2. The molecule has 0 aliphatic rings. The molecular weight excluding hydrogens is 326 g/mol. The van der Waals surface area contributed by atoms with Gasteiger partial charge in [0, 0.05) is 18.0 Å². The van der Waals surface area contributed by atoms with Gasteiger partial charge in [-0.2, -0.15) is 0 Å². The second-order valence-electron chi connectivity index (χ2n) is 7.05. The van der Waals surface area contributed by atoms with Crippen LogP contribution in [0, 0.1) is 0 Å². The number of amides is 2. The van der Waals surface area contributed by atoms with E-state index in [1.54, 1.807) is 0 Å². The van der Waals surface area contributed by atoms with Crippen molar-refractivity contribution in [2.45, 2.75) is 39.8 Å². The molecule has 0 aliphatic heterocycles. The molecular formula is C21H30N3O2+. The molecule has 2 amide bonds. The molecule has 140 valence electrons. The monoisotopic (exact) mass is 356 g/mol. The zero-order chi connectivity index (χ0) is 19.3. The first-order valence-electron chi connectivity index (χ1n) is 9.26. The summed E-state index contributed by atoms with van der Waals surface area (Å²) < 4.78 is 0. The van der Waals surface area contributed by atoms with Gasteiger partial charge < -0.3 is 15.1 Å². The van der Waals surface area contributed by atoms with Crippen LogP contribution < -0.4 is 15.1 Å². The lowest BCUT2D eigenvalue weighted by Gasteiger charge is -2.28. The van der Waals surface area contributed by atoms with Gasteiger partial charge in [-0.25, -0.2) is 0 Å². The fourth-order valence-electron chi connectivity index (χ4n) is 3.11. The Morgan fingerprint density at radius 1 is 1.08 bits per heavy atom. The third-order valence-electron chi connectivity index (χ3n) is 4.64. The summed E-state index contributed by atoms with van der Waals surface area (Å²) in [6.07, 6.45) is 0. The molecule has 0 fully saturated rings. The number of fused-ring (bicyclic) bond motifs is 1. The van der Waals surface area contributed by atoms with Gasteiger partial charge in [-0.1, -0.05) is 36.4 Å². The van der Waals surface area contributed by atoms with E-state index in [1.165, 1.54) is 0 Å². The van der Waals surface area contributed by atoms with E-state index >= 15 is 0 Å². The number of hydrogen-bond donors (Lipinski definition) is 2. The maximum Gasteiger partial charge on any atom is 0.284 e. The van der Waals surface area contributed by atoms with Crippen molar-refractivity contribution in [3.05, 3.63) is 42.5 Å². The maximum absolute atomic E-state index is 13.1. The molecule has 0 saturated heterocycles. The van der Waals surface area contributed by atoms with Crippen LogP contribution in [-0.2, 0) is 9.59 Å². The Labute approximate surface area is 156 Å². The van der Waals surface area contributed by atoms with Gasteiger partial charge >= 0.3 is 0 Å². The average Bonchev–Trinajstić information content (AvgIpc) is 2.60. The van der Waals surface area contributed by atoms with Crippen LogP contribution in [0.2, 0.25) is 0 Å². The summed E-state index contributed by atoms with van der Waals surface area (Å²) >= 11 is 0. The standard InChI is InChI=1S/C21H29N3O2/c1-6-24(19-13-9-11-17-10-7-8-12-18(17)19)21(26)16(4)23(5)14-20(25)22-15(2)3/h7-13,15-16H,6,14H2,1-5H3,(H,22,25)/p+1/t16-/m0/s1. The Balaban J connectivity index is 2.20. The number of likely N-dealkylation sites (N-methyl/N-ethyl adjacent to an activating group) is 2. The summed E-state index contributed by atoms with van der Waals surface area (Å²) in [5.74, 6) is -0.0101. The zero-order valence-electron chi connectivity index (χ0n) is 16.4. The van der Waals surface area contributed by atoms with Crippen molar-refractivity contribution in [3.63, 3.8) is 0 Å². The van der Waals surface area contributed by atoms with E-state index in [-0.39, 0.29) is 30.4 Å². The minimum atomic E-state index is -0.313. The van der Waals surface area contributed by atoms with Crippen LogP contribution in [0.3, 0.4) is 0 Å². The molecule has 2 aromatic carbocycles. The van der Waals surface area contributed by atoms with Crippen LogP contribution in [0.25, 0.3) is 10.8 Å². The molecule has 2 rings (SSSR count). The molecule has 5 nitrogen and oxygen atoms in total. The van der Waals surface area contributed by atoms with Crippen molar-refractivity contribution in [1.29, 1.82) is 0 Å². The summed E-state index contributed by atoms with van der Waals surface area (Å²) in [6, 6.07) is 13.9. The van der Waals surface area contributed by atoms with Crippen LogP contribution in [0.5, 0.6) is 0 Å². The fourth-order valence-corrected chi connectivity index (χ4v) is 3.11. The van der Waals surface area contributed by atoms with E-state index in [9.17, 15) is 9.59 Å². The summed E-state index contributed by atoms with van der Waals surface area (Å²) in [5, 5.41) is 5.06. The van der Waals surface area contributed by atoms with Gasteiger partial charge in [0.1, 0.15) is 0 Å². The molecule has 0 radical (unpaired) electrons. The normalized spacial score (nSPS) is 13.5. The Kier molecular flexibility index (Phi) is 6.75. The lowest BCUT2D eigenvalue weighted by Crippen LogP contribution is -3.15. The highest BCUT2D eigenvalue weighted by Crippen LogP contribution is 2.26. The number of anilines is 1. The first-order chi connectivity index (χ1) is 12.3. The third kappa shape index (κ3) is 4.61. The Morgan fingerprint density at radius 3 is 2.38 bits per heavy atom. The van der Waals surface area contributed by atoms with Crippen molar-refractivity contribution in [2.75, 3.05) is 25.0 Å². The van der Waals surface area contributed by atoms with Gasteiger partial charge in [0.25, 0.3) is 11.8 Å². The fraction of sp³-hybridized carbons (Fsp3) is 0.429. The van der Waals surface area contributed by atoms with Crippen molar-refractivity contribution in [1.82, 2.24) is 5.32 Å². The van der Waals surface area contributed by atoms with E-state index in [1.807, 2.05) is 82.1 Å². The lowest BCUT2D eigenvalue weighted by molar-refractivity contribution is -0.885. The van der Waals surface area contributed by atoms with E-state index in [0.717, 1.165) is 21.4 Å². The van der Waals surface area contributed by atoms with Gasteiger partial charge in [-0.3, -0.25) is 9.59 Å². The largest absolute Gasteiger partial charge is 0.349 e. The van der Waals surface area contributed by atoms with Crippen LogP contribution in [-0.4, -0.2) is 44.0 Å². The summed E-state index contributed by atoms with van der Waals surface area (Å²) in [7, 11) is 1.89. The number of rotatable bonds is 7. The van der Waals surface area contributed by atoms with Gasteiger partial charge in [-0.05, 0) is 39.1 Å². The number of hydrogen-bond acceptors (Lipinski definition) is 2. The Morgan fingerprint density at radius 2 is 1.73 bits per heavy atom. The van der Waals surface area contributed by atoms with Crippen LogP contribution >= 0.6 is 0 Å². The van der Waals surface area contributed by atoms with Crippen molar-refractivity contribution >= 4 is 28.3 Å². The second-order valence-corrected chi connectivity index (χ2v) is 7.05. The summed E-state index contributed by atoms with van der Waals surface area (Å²) in [5.41, 5.74) is 0.918. The lowest BCUT2D eigenvalue weighted by atomic mass is 10.1. The zero-order valence-corrected chi connectivity index (χ0v) is 16.4. The minimum absolute atomic E-state index is 0.0266. The Hall–Kier alpha value is -2.40. The van der Waals surface area contributed by atoms with Gasteiger partial charge in [-0.15, -0.1) is 0 Å². The van der Waals surface area contributed by atoms with Gasteiger partial charge in [0.05, 0.1) is 12.7 Å². The first kappa shape index (κ1) is 19.9. The van der Waals surface area contributed by atoms with Crippen LogP contribution in [0.1, 0.15) is 27.7 Å². The summed E-state index contributed by atoms with van der Waals surface area (Å²) in [6.45, 7) is 8.59. The smallest absolute Gasteiger partial charge is 0.284 e. The van der Waals surface area contributed by atoms with Gasteiger partial charge in [0.2, 0.25) is 0 Å². The number of benzene rings is 2. The van der Waals surface area contributed by atoms with Crippen LogP contribution in [0.15, 0.2) is 42.5 Å². The number of quaternary nitrogens is 1.